The monoisotopic (exact) mass is 246 g/mol. The molecular formula is C13H18N4O. The maximum absolute atomic E-state index is 5.01. The third kappa shape index (κ3) is 3.07. The zero-order valence-corrected chi connectivity index (χ0v) is 10.8. The predicted molar refractivity (Wildman–Crippen MR) is 71.1 cm³/mol. The average Bonchev–Trinajstić information content (AvgIpc) is 2.84. The van der Waals surface area contributed by atoms with E-state index in [2.05, 4.69) is 15.3 Å². The molecule has 0 radical (unpaired) electrons. The van der Waals surface area contributed by atoms with Gasteiger partial charge in [-0.05, 0) is 25.5 Å². The molecule has 18 heavy (non-hydrogen) atoms. The second-order valence-corrected chi connectivity index (χ2v) is 4.05. The van der Waals surface area contributed by atoms with Crippen LogP contribution in [0.25, 0.3) is 5.69 Å². The summed E-state index contributed by atoms with van der Waals surface area (Å²) in [4.78, 5) is 8.59. The van der Waals surface area contributed by atoms with E-state index in [1.807, 2.05) is 36.0 Å². The Labute approximate surface area is 107 Å². The summed E-state index contributed by atoms with van der Waals surface area (Å²) in [5, 5.41) is 3.29. The molecular weight excluding hydrogens is 228 g/mol. The minimum atomic E-state index is 0.750. The van der Waals surface area contributed by atoms with Gasteiger partial charge in [0, 0.05) is 38.3 Å². The highest BCUT2D eigenvalue weighted by Crippen LogP contribution is 2.13. The molecule has 0 bridgehead atoms. The van der Waals surface area contributed by atoms with Gasteiger partial charge in [0.2, 0.25) is 5.95 Å². The molecule has 0 unspecified atom stereocenters. The number of aryl methyl sites for hydroxylation is 1. The minimum absolute atomic E-state index is 0.750. The van der Waals surface area contributed by atoms with Crippen LogP contribution < -0.4 is 5.32 Å². The molecule has 1 N–H and O–H groups in total. The Balaban J connectivity index is 2.05. The van der Waals surface area contributed by atoms with Gasteiger partial charge < -0.3 is 10.1 Å². The van der Waals surface area contributed by atoms with Crippen LogP contribution in [-0.2, 0) is 4.74 Å². The van der Waals surface area contributed by atoms with E-state index in [4.69, 9.17) is 4.74 Å². The second kappa shape index (κ2) is 6.16. The number of anilines is 1. The van der Waals surface area contributed by atoms with Gasteiger partial charge in [-0.3, -0.25) is 9.55 Å². The zero-order valence-electron chi connectivity index (χ0n) is 10.8. The molecule has 2 aromatic rings. The first-order chi connectivity index (χ1) is 8.81. The molecule has 5 heteroatoms. The molecule has 2 aromatic heterocycles. The molecule has 0 saturated carbocycles. The van der Waals surface area contributed by atoms with Crippen molar-refractivity contribution >= 4 is 5.95 Å². The van der Waals surface area contributed by atoms with Crippen molar-refractivity contribution in [1.29, 1.82) is 0 Å². The Kier molecular flexibility index (Phi) is 4.30. The first kappa shape index (κ1) is 12.6. The lowest BCUT2D eigenvalue weighted by Gasteiger charge is -2.09. The van der Waals surface area contributed by atoms with Crippen LogP contribution in [0.15, 0.2) is 30.7 Å². The quantitative estimate of drug-likeness (QED) is 0.792. The topological polar surface area (TPSA) is 52.0 Å². The Morgan fingerprint density at radius 2 is 2.22 bits per heavy atom. The molecule has 0 atom stereocenters. The van der Waals surface area contributed by atoms with Crippen molar-refractivity contribution in [3.8, 4) is 5.69 Å². The molecule has 0 saturated heterocycles. The third-order valence-corrected chi connectivity index (χ3v) is 2.62. The minimum Gasteiger partial charge on any atom is -0.385 e. The van der Waals surface area contributed by atoms with Gasteiger partial charge in [0.15, 0.2) is 0 Å². The zero-order chi connectivity index (χ0) is 12.8. The van der Waals surface area contributed by atoms with Crippen molar-refractivity contribution in [2.24, 2.45) is 0 Å². The lowest BCUT2D eigenvalue weighted by atomic mass is 10.3. The number of ether oxygens (including phenoxy) is 1. The van der Waals surface area contributed by atoms with Crippen molar-refractivity contribution in [3.63, 3.8) is 0 Å². The number of pyridine rings is 1. The highest BCUT2D eigenvalue weighted by atomic mass is 16.5. The van der Waals surface area contributed by atoms with Crippen LogP contribution in [0.1, 0.15) is 12.1 Å². The fourth-order valence-corrected chi connectivity index (χ4v) is 1.66. The van der Waals surface area contributed by atoms with Crippen LogP contribution in [0.4, 0.5) is 5.95 Å². The van der Waals surface area contributed by atoms with E-state index in [9.17, 15) is 0 Å². The number of rotatable bonds is 6. The van der Waals surface area contributed by atoms with Crippen LogP contribution in [0.2, 0.25) is 0 Å². The van der Waals surface area contributed by atoms with Crippen molar-refractivity contribution in [2.45, 2.75) is 13.3 Å². The maximum Gasteiger partial charge on any atom is 0.207 e. The van der Waals surface area contributed by atoms with E-state index in [1.54, 1.807) is 13.3 Å². The summed E-state index contributed by atoms with van der Waals surface area (Å²) in [5.74, 6) is 0.830. The molecule has 0 spiro atoms. The first-order valence-electron chi connectivity index (χ1n) is 6.00. The highest BCUT2D eigenvalue weighted by molar-refractivity contribution is 5.40. The summed E-state index contributed by atoms with van der Waals surface area (Å²) in [6.45, 7) is 3.56. The molecule has 0 aliphatic heterocycles. The van der Waals surface area contributed by atoms with Crippen LogP contribution in [0.3, 0.4) is 0 Å². The van der Waals surface area contributed by atoms with Gasteiger partial charge in [0.25, 0.3) is 0 Å². The smallest absolute Gasteiger partial charge is 0.207 e. The Hall–Kier alpha value is -1.88. The molecule has 0 aliphatic rings. The number of methoxy groups -OCH3 is 1. The van der Waals surface area contributed by atoms with Gasteiger partial charge in [-0.2, -0.15) is 0 Å². The molecule has 2 heterocycles. The van der Waals surface area contributed by atoms with Gasteiger partial charge in [-0.15, -0.1) is 0 Å². The van der Waals surface area contributed by atoms with E-state index >= 15 is 0 Å². The average molecular weight is 246 g/mol. The fraction of sp³-hybridized carbons (Fsp3) is 0.385. The van der Waals surface area contributed by atoms with E-state index in [-0.39, 0.29) is 0 Å². The van der Waals surface area contributed by atoms with Crippen LogP contribution in [0, 0.1) is 6.92 Å². The second-order valence-electron chi connectivity index (χ2n) is 4.05. The van der Waals surface area contributed by atoms with E-state index in [0.29, 0.717) is 0 Å². The third-order valence-electron chi connectivity index (χ3n) is 2.62. The number of imidazole rings is 1. The standard InChI is InChI=1S/C13H18N4O/c1-11-4-5-12(10-16-11)17-8-7-15-13(17)14-6-3-9-18-2/h4-5,7-8,10H,3,6,9H2,1-2H3,(H,14,15). The van der Waals surface area contributed by atoms with Gasteiger partial charge in [0.05, 0.1) is 11.9 Å². The molecule has 0 fully saturated rings. The van der Waals surface area contributed by atoms with Gasteiger partial charge >= 0.3 is 0 Å². The van der Waals surface area contributed by atoms with Crippen molar-refractivity contribution < 1.29 is 4.74 Å². The predicted octanol–water partition coefficient (Wildman–Crippen LogP) is 2.02. The van der Waals surface area contributed by atoms with E-state index in [1.165, 1.54) is 0 Å². The molecule has 5 nitrogen and oxygen atoms in total. The van der Waals surface area contributed by atoms with Crippen molar-refractivity contribution in [2.75, 3.05) is 25.6 Å². The molecule has 0 aliphatic carbocycles. The molecule has 2 rings (SSSR count). The number of nitrogens with zero attached hydrogens (tertiary/aromatic N) is 3. The Morgan fingerprint density at radius 1 is 1.33 bits per heavy atom. The number of aromatic nitrogens is 3. The SMILES string of the molecule is COCCCNc1nccn1-c1ccc(C)nc1. The Bertz CT molecular complexity index is 478. The number of hydrogen-bond donors (Lipinski definition) is 1. The molecule has 0 aromatic carbocycles. The van der Waals surface area contributed by atoms with Crippen molar-refractivity contribution in [1.82, 2.24) is 14.5 Å². The van der Waals surface area contributed by atoms with Gasteiger partial charge in [0.1, 0.15) is 0 Å². The normalized spacial score (nSPS) is 10.6. The lowest BCUT2D eigenvalue weighted by molar-refractivity contribution is 0.197. The van der Waals surface area contributed by atoms with E-state index in [0.717, 1.165) is 36.9 Å². The highest BCUT2D eigenvalue weighted by Gasteiger charge is 2.04. The summed E-state index contributed by atoms with van der Waals surface area (Å²) >= 11 is 0. The van der Waals surface area contributed by atoms with Crippen LogP contribution >= 0.6 is 0 Å². The Morgan fingerprint density at radius 3 is 2.94 bits per heavy atom. The number of nitrogens with one attached hydrogen (secondary N) is 1. The summed E-state index contributed by atoms with van der Waals surface area (Å²) in [6.07, 6.45) is 6.50. The summed E-state index contributed by atoms with van der Waals surface area (Å²) in [6, 6.07) is 4.02. The summed E-state index contributed by atoms with van der Waals surface area (Å²) in [5.41, 5.74) is 2.01. The van der Waals surface area contributed by atoms with Crippen LogP contribution in [-0.4, -0.2) is 34.8 Å². The van der Waals surface area contributed by atoms with Gasteiger partial charge in [-0.25, -0.2) is 4.98 Å². The van der Waals surface area contributed by atoms with Crippen molar-refractivity contribution in [3.05, 3.63) is 36.4 Å². The maximum atomic E-state index is 5.01. The van der Waals surface area contributed by atoms with E-state index < -0.39 is 0 Å². The fourth-order valence-electron chi connectivity index (χ4n) is 1.66. The van der Waals surface area contributed by atoms with Gasteiger partial charge in [-0.1, -0.05) is 0 Å². The molecule has 96 valence electrons. The lowest BCUT2D eigenvalue weighted by Crippen LogP contribution is -2.09. The largest absolute Gasteiger partial charge is 0.385 e. The summed E-state index contributed by atoms with van der Waals surface area (Å²) < 4.78 is 7.00. The van der Waals surface area contributed by atoms with Crippen LogP contribution in [0.5, 0.6) is 0 Å². The number of hydrogen-bond acceptors (Lipinski definition) is 4. The molecule has 0 amide bonds. The first-order valence-corrected chi connectivity index (χ1v) is 6.00. The summed E-state index contributed by atoms with van der Waals surface area (Å²) in [7, 11) is 1.71.